The molecule has 0 fully saturated rings. The fraction of sp³-hybridized carbons (Fsp3) is 0.500. The Hall–Kier alpha value is -1.27. The quantitative estimate of drug-likeness (QED) is 0.246. The molecule has 0 aromatic heterocycles. The molecular weight excluding hydrogens is 505 g/mol. The normalized spacial score (nSPS) is 21.5. The average molecular weight is 541 g/mol. The lowest BCUT2D eigenvalue weighted by Gasteiger charge is -2.36. The molecule has 5 atom stereocenters. The van der Waals surface area contributed by atoms with Gasteiger partial charge in [0.1, 0.15) is 18.1 Å². The van der Waals surface area contributed by atoms with Crippen LogP contribution in [-0.4, -0.2) is 35.2 Å². The van der Waals surface area contributed by atoms with Gasteiger partial charge in [0.25, 0.3) is 0 Å². The third kappa shape index (κ3) is 8.38. The van der Waals surface area contributed by atoms with Crippen molar-refractivity contribution in [3.63, 3.8) is 0 Å². The van der Waals surface area contributed by atoms with Crippen LogP contribution >= 0.6 is 34.8 Å². The van der Waals surface area contributed by atoms with Crippen LogP contribution in [0, 0.1) is 11.8 Å². The zero-order chi connectivity index (χ0) is 25.4. The summed E-state index contributed by atoms with van der Waals surface area (Å²) in [6.07, 6.45) is 14.2. The number of allylic oxidation sites excluding steroid dienone is 5. The molecule has 3 rings (SSSR count). The molecule has 1 aromatic rings. The van der Waals surface area contributed by atoms with E-state index in [4.69, 9.17) is 39.5 Å². The molecule has 2 aliphatic rings. The fourth-order valence-corrected chi connectivity index (χ4v) is 5.09. The second-order valence-electron chi connectivity index (χ2n) is 9.38. The molecule has 2 aliphatic carbocycles. The van der Waals surface area contributed by atoms with Crippen LogP contribution in [0.1, 0.15) is 52.4 Å². The molecule has 5 unspecified atom stereocenters. The van der Waals surface area contributed by atoms with E-state index >= 15 is 0 Å². The van der Waals surface area contributed by atoms with Gasteiger partial charge in [0.15, 0.2) is 0 Å². The van der Waals surface area contributed by atoms with E-state index in [-0.39, 0.29) is 17.9 Å². The van der Waals surface area contributed by atoms with Crippen molar-refractivity contribution in [1.29, 1.82) is 0 Å². The van der Waals surface area contributed by atoms with Crippen LogP contribution in [-0.2, 0) is 0 Å². The molecule has 4 nitrogen and oxygen atoms in total. The van der Waals surface area contributed by atoms with E-state index in [2.05, 4.69) is 30.5 Å². The van der Waals surface area contributed by atoms with Crippen LogP contribution in [0.25, 0.3) is 0 Å². The van der Waals surface area contributed by atoms with Crippen molar-refractivity contribution in [2.24, 2.45) is 11.8 Å². The van der Waals surface area contributed by atoms with Crippen molar-refractivity contribution in [3.05, 3.63) is 74.8 Å². The number of aliphatic hydroxyl groups excluding tert-OH is 2. The Morgan fingerprint density at radius 2 is 1.89 bits per heavy atom. The first kappa shape index (κ1) is 28.3. The molecule has 0 bridgehead atoms. The molecular formula is C28H36Cl3NO3. The van der Waals surface area contributed by atoms with Gasteiger partial charge in [-0.1, -0.05) is 72.5 Å². The minimum absolute atomic E-state index is 0.133. The number of aliphatic hydroxyl groups is 2. The van der Waals surface area contributed by atoms with Crippen LogP contribution in [0.3, 0.4) is 0 Å². The zero-order valence-electron chi connectivity index (χ0n) is 20.4. The van der Waals surface area contributed by atoms with E-state index in [0.29, 0.717) is 28.8 Å². The summed E-state index contributed by atoms with van der Waals surface area (Å²) < 4.78 is 6.62. The zero-order valence-corrected chi connectivity index (χ0v) is 22.7. The summed E-state index contributed by atoms with van der Waals surface area (Å²) in [4.78, 5) is 0. The van der Waals surface area contributed by atoms with Gasteiger partial charge in [0.05, 0.1) is 16.1 Å². The Kier molecular flexibility index (Phi) is 11.2. The van der Waals surface area contributed by atoms with Crippen molar-refractivity contribution in [3.8, 4) is 5.75 Å². The Bertz CT molecular complexity index is 970. The third-order valence-electron chi connectivity index (χ3n) is 6.59. The predicted molar refractivity (Wildman–Crippen MR) is 146 cm³/mol. The van der Waals surface area contributed by atoms with E-state index < -0.39 is 12.3 Å². The van der Waals surface area contributed by atoms with E-state index in [0.717, 1.165) is 42.7 Å². The topological polar surface area (TPSA) is 61.7 Å². The van der Waals surface area contributed by atoms with Gasteiger partial charge in [-0.15, -0.1) is 0 Å². The molecule has 0 aliphatic heterocycles. The molecule has 35 heavy (non-hydrogen) atoms. The number of rotatable bonds is 12. The second-order valence-corrected chi connectivity index (χ2v) is 10.7. The standard InChI is InChI=1S/C28H36Cl3NO3/c1-3-4-24(19-5-7-21(8-6-19)28(34)32-16-15-18(2)33)27(20-9-11-22(29)12-10-20)35-23-13-14-25(30)26(31)17-23/h5,7-9,11,13-14,17-19,24,27-28,32-34H,3-4,6,10,12,15-16H2,1-2H3. The molecule has 3 N–H and O–H groups in total. The van der Waals surface area contributed by atoms with Crippen molar-refractivity contribution >= 4 is 34.8 Å². The molecule has 0 amide bonds. The van der Waals surface area contributed by atoms with Gasteiger partial charge in [0, 0.05) is 23.6 Å². The number of ether oxygens (including phenoxy) is 1. The highest BCUT2D eigenvalue weighted by molar-refractivity contribution is 6.42. The van der Waals surface area contributed by atoms with Crippen LogP contribution in [0.5, 0.6) is 5.75 Å². The number of nitrogens with one attached hydrogen (secondary N) is 1. The lowest BCUT2D eigenvalue weighted by Crippen LogP contribution is -2.36. The number of halogens is 3. The molecule has 1 aromatic carbocycles. The van der Waals surface area contributed by atoms with E-state index in [1.165, 1.54) is 5.57 Å². The number of hydrogen-bond acceptors (Lipinski definition) is 4. The summed E-state index contributed by atoms with van der Waals surface area (Å²) in [7, 11) is 0. The first-order valence-corrected chi connectivity index (χ1v) is 13.6. The van der Waals surface area contributed by atoms with Crippen molar-refractivity contribution in [2.45, 2.75) is 70.8 Å². The van der Waals surface area contributed by atoms with Gasteiger partial charge < -0.3 is 14.9 Å². The first-order chi connectivity index (χ1) is 16.8. The van der Waals surface area contributed by atoms with Crippen LogP contribution < -0.4 is 10.1 Å². The van der Waals surface area contributed by atoms with Gasteiger partial charge in [-0.05, 0) is 74.3 Å². The van der Waals surface area contributed by atoms with E-state index in [9.17, 15) is 10.2 Å². The molecule has 0 saturated heterocycles. The number of hydrogen-bond donors (Lipinski definition) is 3. The Labute approximate surface area is 224 Å². The molecule has 7 heteroatoms. The van der Waals surface area contributed by atoms with Gasteiger partial charge in [0.2, 0.25) is 0 Å². The van der Waals surface area contributed by atoms with Gasteiger partial charge >= 0.3 is 0 Å². The maximum Gasteiger partial charge on any atom is 0.130 e. The van der Waals surface area contributed by atoms with Gasteiger partial charge in [-0.3, -0.25) is 5.32 Å². The Morgan fingerprint density at radius 3 is 2.49 bits per heavy atom. The van der Waals surface area contributed by atoms with Crippen molar-refractivity contribution in [1.82, 2.24) is 5.32 Å². The average Bonchev–Trinajstić information content (AvgIpc) is 2.84. The monoisotopic (exact) mass is 539 g/mol. The van der Waals surface area contributed by atoms with Gasteiger partial charge in [-0.25, -0.2) is 0 Å². The lowest BCUT2D eigenvalue weighted by molar-refractivity contribution is 0.125. The second kappa shape index (κ2) is 13.9. The predicted octanol–water partition coefficient (Wildman–Crippen LogP) is 7.18. The van der Waals surface area contributed by atoms with E-state index in [1.807, 2.05) is 18.2 Å². The first-order valence-electron chi connectivity index (χ1n) is 12.4. The smallest absolute Gasteiger partial charge is 0.130 e. The van der Waals surface area contributed by atoms with Crippen LogP contribution in [0.4, 0.5) is 0 Å². The SMILES string of the molecule is CCCC(C1C=CC(C(O)NCCC(C)O)=CC1)C(Oc1ccc(Cl)c(Cl)c1)C1=CC=C(Cl)CC1. The maximum absolute atomic E-state index is 10.5. The highest BCUT2D eigenvalue weighted by Gasteiger charge is 2.33. The Morgan fingerprint density at radius 1 is 1.09 bits per heavy atom. The number of benzene rings is 1. The van der Waals surface area contributed by atoms with Crippen molar-refractivity contribution < 1.29 is 14.9 Å². The highest BCUT2D eigenvalue weighted by Crippen LogP contribution is 2.38. The molecule has 0 heterocycles. The summed E-state index contributed by atoms with van der Waals surface area (Å²) >= 11 is 18.7. The third-order valence-corrected chi connectivity index (χ3v) is 7.64. The summed E-state index contributed by atoms with van der Waals surface area (Å²) in [6, 6.07) is 5.40. The molecule has 0 spiro atoms. The summed E-state index contributed by atoms with van der Waals surface area (Å²) in [5, 5.41) is 24.8. The van der Waals surface area contributed by atoms with Crippen LogP contribution in [0.15, 0.2) is 64.8 Å². The Balaban J connectivity index is 1.79. The minimum atomic E-state index is -0.743. The highest BCUT2D eigenvalue weighted by atomic mass is 35.5. The molecule has 192 valence electrons. The molecule has 0 saturated carbocycles. The van der Waals surface area contributed by atoms with Crippen LogP contribution in [0.2, 0.25) is 10.0 Å². The summed E-state index contributed by atoms with van der Waals surface area (Å²) in [6.45, 7) is 4.49. The largest absolute Gasteiger partial charge is 0.486 e. The summed E-state index contributed by atoms with van der Waals surface area (Å²) in [5.74, 6) is 1.19. The van der Waals surface area contributed by atoms with Crippen molar-refractivity contribution in [2.75, 3.05) is 6.54 Å². The molecule has 0 radical (unpaired) electrons. The fourth-order valence-electron chi connectivity index (χ4n) is 4.64. The van der Waals surface area contributed by atoms with E-state index in [1.54, 1.807) is 19.1 Å². The maximum atomic E-state index is 10.5. The summed E-state index contributed by atoms with van der Waals surface area (Å²) in [5.41, 5.74) is 2.08. The van der Waals surface area contributed by atoms with Gasteiger partial charge in [-0.2, -0.15) is 0 Å². The lowest BCUT2D eigenvalue weighted by atomic mass is 9.76. The minimum Gasteiger partial charge on any atom is -0.486 e.